The molecule has 4 rings (SSSR count). The lowest BCUT2D eigenvalue weighted by Crippen LogP contribution is -2.41. The molecule has 0 amide bonds. The van der Waals surface area contributed by atoms with E-state index < -0.39 is 31.8 Å². The third-order valence-electron chi connectivity index (χ3n) is 8.58. The quantitative estimate of drug-likeness (QED) is 0.0932. The molecule has 0 fully saturated rings. The van der Waals surface area contributed by atoms with Gasteiger partial charge in [0, 0.05) is 18.5 Å². The minimum atomic E-state index is -4.72. The molecule has 0 spiro atoms. The van der Waals surface area contributed by atoms with Crippen molar-refractivity contribution in [2.75, 3.05) is 20.3 Å². The van der Waals surface area contributed by atoms with Crippen LogP contribution in [-0.4, -0.2) is 49.9 Å². The van der Waals surface area contributed by atoms with Crippen LogP contribution in [0.15, 0.2) is 73.1 Å². The Kier molecular flexibility index (Phi) is 12.9. The zero-order valence-electron chi connectivity index (χ0n) is 31.3. The largest absolute Gasteiger partial charge is 0.497 e. The van der Waals surface area contributed by atoms with Crippen molar-refractivity contribution in [3.63, 3.8) is 0 Å². The minimum absolute atomic E-state index is 0.0612. The van der Waals surface area contributed by atoms with Crippen molar-refractivity contribution >= 4 is 14.4 Å². The molecule has 0 radical (unpaired) electrons. The fourth-order valence-electron chi connectivity index (χ4n) is 4.63. The SMILES string of the molecule is COc1ccc(COc2cc(OCc3ccc(COCCO[Si](C)(C)C(C)(C)C)cc3)ncc2-c2cc(C(F)(F)F)cn2C(=O)OC(C)(C)C)cc1. The maximum atomic E-state index is 13.9. The molecule has 0 bridgehead atoms. The van der Waals surface area contributed by atoms with Crippen molar-refractivity contribution in [2.24, 2.45) is 0 Å². The number of halogens is 3. The lowest BCUT2D eigenvalue weighted by Gasteiger charge is -2.36. The van der Waals surface area contributed by atoms with Crippen LogP contribution < -0.4 is 14.2 Å². The number of pyridine rings is 1. The number of carbonyl (C=O) groups excluding carboxylic acids is 1. The number of methoxy groups -OCH3 is 1. The number of ether oxygens (including phenoxy) is 5. The van der Waals surface area contributed by atoms with Crippen LogP contribution in [-0.2, 0) is 39.9 Å². The van der Waals surface area contributed by atoms with Crippen molar-refractivity contribution in [1.82, 2.24) is 9.55 Å². The molecule has 2 aromatic carbocycles. The second kappa shape index (κ2) is 16.6. The fraction of sp³-hybridized carbons (Fsp3) is 0.436. The molecule has 0 saturated heterocycles. The monoisotopic (exact) mass is 742 g/mol. The van der Waals surface area contributed by atoms with E-state index in [0.717, 1.165) is 27.3 Å². The molecule has 4 aromatic rings. The predicted octanol–water partition coefficient (Wildman–Crippen LogP) is 10.1. The standard InChI is InChI=1S/C39H49F3N2O7Si/c1-37(2,3)51-36(45)44-23-30(39(40,41)42)20-33(44)32-22-43-35(21-34(32)48-25-29-14-16-31(46-7)17-15-29)49-26-28-12-10-27(11-13-28)24-47-18-19-50-52(8,9)38(4,5)6/h10-17,20-23H,18-19,24-26H2,1-9H3. The lowest BCUT2D eigenvalue weighted by atomic mass is 10.1. The maximum absolute atomic E-state index is 13.9. The molecule has 2 heterocycles. The minimum Gasteiger partial charge on any atom is -0.497 e. The normalized spacial score (nSPS) is 12.5. The number of benzene rings is 2. The van der Waals surface area contributed by atoms with Gasteiger partial charge in [0.1, 0.15) is 30.3 Å². The Morgan fingerprint density at radius 3 is 1.94 bits per heavy atom. The summed E-state index contributed by atoms with van der Waals surface area (Å²) in [4.78, 5) is 17.5. The Morgan fingerprint density at radius 1 is 0.808 bits per heavy atom. The average Bonchev–Trinajstić information content (AvgIpc) is 3.52. The summed E-state index contributed by atoms with van der Waals surface area (Å²) in [5, 5.41) is 0.142. The second-order valence-electron chi connectivity index (χ2n) is 14.9. The fourth-order valence-corrected chi connectivity index (χ4v) is 5.66. The third-order valence-corrected chi connectivity index (χ3v) is 13.1. The van der Waals surface area contributed by atoms with E-state index in [2.05, 4.69) is 38.8 Å². The van der Waals surface area contributed by atoms with Crippen molar-refractivity contribution in [1.29, 1.82) is 0 Å². The van der Waals surface area contributed by atoms with Gasteiger partial charge in [-0.1, -0.05) is 57.2 Å². The van der Waals surface area contributed by atoms with Crippen LogP contribution in [0.2, 0.25) is 18.1 Å². The zero-order chi connectivity index (χ0) is 38.3. The van der Waals surface area contributed by atoms with Gasteiger partial charge in [0.25, 0.3) is 0 Å². The molecule has 0 atom stereocenters. The molecule has 0 N–H and O–H groups in total. The highest BCUT2D eigenvalue weighted by atomic mass is 28.4. The van der Waals surface area contributed by atoms with E-state index in [1.165, 1.54) is 12.3 Å². The molecular weight excluding hydrogens is 694 g/mol. The molecule has 13 heteroatoms. The smallest absolute Gasteiger partial charge is 0.419 e. The number of aromatic nitrogens is 2. The Bertz CT molecular complexity index is 1780. The van der Waals surface area contributed by atoms with E-state index in [1.807, 2.05) is 24.3 Å². The van der Waals surface area contributed by atoms with Crippen LogP contribution in [0.5, 0.6) is 17.4 Å². The number of carbonyl (C=O) groups is 1. The average molecular weight is 743 g/mol. The van der Waals surface area contributed by atoms with Crippen molar-refractivity contribution in [3.8, 4) is 28.6 Å². The number of alkyl halides is 3. The topological polar surface area (TPSA) is 90.3 Å². The van der Waals surface area contributed by atoms with Gasteiger partial charge in [-0.15, -0.1) is 0 Å². The first-order valence-corrected chi connectivity index (χ1v) is 19.9. The molecule has 2 aromatic heterocycles. The number of nitrogens with zero attached hydrogens (tertiary/aromatic N) is 2. The van der Waals surface area contributed by atoms with E-state index in [4.69, 9.17) is 28.1 Å². The summed E-state index contributed by atoms with van der Waals surface area (Å²) in [6, 6.07) is 17.3. The molecule has 0 unspecified atom stereocenters. The summed E-state index contributed by atoms with van der Waals surface area (Å²) in [5.74, 6) is 0.989. The third kappa shape index (κ3) is 11.3. The van der Waals surface area contributed by atoms with Crippen LogP contribution in [0.3, 0.4) is 0 Å². The molecule has 52 heavy (non-hydrogen) atoms. The van der Waals surface area contributed by atoms with Crippen LogP contribution >= 0.6 is 0 Å². The number of hydrogen-bond acceptors (Lipinski definition) is 8. The first-order chi connectivity index (χ1) is 24.3. The zero-order valence-corrected chi connectivity index (χ0v) is 32.3. The Morgan fingerprint density at radius 2 is 1.38 bits per heavy atom. The van der Waals surface area contributed by atoms with Crippen LogP contribution in [0.4, 0.5) is 18.0 Å². The van der Waals surface area contributed by atoms with Gasteiger partial charge >= 0.3 is 12.3 Å². The number of rotatable bonds is 14. The molecule has 0 aliphatic rings. The lowest BCUT2D eigenvalue weighted by molar-refractivity contribution is -0.137. The first-order valence-electron chi connectivity index (χ1n) is 17.0. The van der Waals surface area contributed by atoms with E-state index in [9.17, 15) is 18.0 Å². The summed E-state index contributed by atoms with van der Waals surface area (Å²) < 4.78 is 77.3. The second-order valence-corrected chi connectivity index (χ2v) is 19.7. The Balaban J connectivity index is 1.51. The maximum Gasteiger partial charge on any atom is 0.419 e. The van der Waals surface area contributed by atoms with Gasteiger partial charge in [-0.3, -0.25) is 4.57 Å². The first kappa shape index (κ1) is 40.4. The van der Waals surface area contributed by atoms with Gasteiger partial charge < -0.3 is 28.1 Å². The van der Waals surface area contributed by atoms with Crippen molar-refractivity contribution in [3.05, 3.63) is 95.3 Å². The van der Waals surface area contributed by atoms with Gasteiger partial charge in [-0.25, -0.2) is 9.78 Å². The van der Waals surface area contributed by atoms with Gasteiger partial charge in [-0.2, -0.15) is 13.2 Å². The van der Waals surface area contributed by atoms with Crippen LogP contribution in [0.1, 0.15) is 63.8 Å². The highest BCUT2D eigenvalue weighted by Gasteiger charge is 2.37. The highest BCUT2D eigenvalue weighted by Crippen LogP contribution is 2.39. The predicted molar refractivity (Wildman–Crippen MR) is 195 cm³/mol. The number of hydrogen-bond donors (Lipinski definition) is 0. The van der Waals surface area contributed by atoms with E-state index in [1.54, 1.807) is 52.1 Å². The van der Waals surface area contributed by atoms with Crippen LogP contribution in [0.25, 0.3) is 11.3 Å². The molecule has 0 aliphatic carbocycles. The van der Waals surface area contributed by atoms with Gasteiger partial charge in [-0.05, 0) is 73.8 Å². The molecule has 0 saturated carbocycles. The summed E-state index contributed by atoms with van der Waals surface area (Å²) in [6.07, 6.45) is -3.67. The van der Waals surface area contributed by atoms with Crippen molar-refractivity contribution < 1.29 is 46.1 Å². The molecule has 282 valence electrons. The van der Waals surface area contributed by atoms with Gasteiger partial charge in [0.2, 0.25) is 5.88 Å². The summed E-state index contributed by atoms with van der Waals surface area (Å²) in [7, 11) is -0.262. The molecular formula is C39H49F3N2O7Si. The van der Waals surface area contributed by atoms with E-state index >= 15 is 0 Å². The summed E-state index contributed by atoms with van der Waals surface area (Å²) >= 11 is 0. The molecule has 0 aliphatic heterocycles. The molecule has 9 nitrogen and oxygen atoms in total. The van der Waals surface area contributed by atoms with E-state index in [0.29, 0.717) is 31.8 Å². The van der Waals surface area contributed by atoms with Crippen molar-refractivity contribution in [2.45, 2.75) is 91.3 Å². The van der Waals surface area contributed by atoms with Gasteiger partial charge in [0.05, 0.1) is 43.8 Å². The highest BCUT2D eigenvalue weighted by molar-refractivity contribution is 6.74. The Hall–Kier alpha value is -4.33. The van der Waals surface area contributed by atoms with E-state index in [-0.39, 0.29) is 41.1 Å². The summed E-state index contributed by atoms with van der Waals surface area (Å²) in [5.41, 5.74) is 0.700. The van der Waals surface area contributed by atoms with Gasteiger partial charge in [0.15, 0.2) is 8.32 Å². The Labute approximate surface area is 305 Å². The summed E-state index contributed by atoms with van der Waals surface area (Å²) in [6.45, 7) is 17.7. The van der Waals surface area contributed by atoms with Crippen LogP contribution in [0, 0.1) is 0 Å².